The maximum Gasteiger partial charge on any atom is 0.158 e. The zero-order valence-electron chi connectivity index (χ0n) is 11.6. The molecule has 0 saturated carbocycles. The summed E-state index contributed by atoms with van der Waals surface area (Å²) in [6.07, 6.45) is 6.76. The van der Waals surface area contributed by atoms with Crippen molar-refractivity contribution in [3.05, 3.63) is 0 Å². The van der Waals surface area contributed by atoms with Gasteiger partial charge in [-0.2, -0.15) is 0 Å². The number of rotatable bonds is 5. The molecular formula is C14H28O2. The largest absolute Gasteiger partial charge is 0.349 e. The molecule has 1 fully saturated rings. The van der Waals surface area contributed by atoms with Gasteiger partial charge in [-0.05, 0) is 26.7 Å². The van der Waals surface area contributed by atoms with Crippen LogP contribution in [0.2, 0.25) is 0 Å². The Hall–Kier alpha value is -0.0800. The highest BCUT2D eigenvalue weighted by Gasteiger charge is 2.40. The second-order valence-corrected chi connectivity index (χ2v) is 5.66. The van der Waals surface area contributed by atoms with Crippen LogP contribution >= 0.6 is 0 Å². The maximum atomic E-state index is 5.93. The molecule has 2 heteroatoms. The van der Waals surface area contributed by atoms with Gasteiger partial charge in [0.15, 0.2) is 6.29 Å². The van der Waals surface area contributed by atoms with Crippen molar-refractivity contribution in [3.8, 4) is 0 Å². The van der Waals surface area contributed by atoms with Crippen molar-refractivity contribution in [1.29, 1.82) is 0 Å². The average Bonchev–Trinajstić information content (AvgIpc) is 2.22. The Labute approximate surface area is 101 Å². The SMILES string of the molecule is CCCCCCC1O[C@H](C)C(C)(C)[C@@H](C)O1. The van der Waals surface area contributed by atoms with E-state index in [9.17, 15) is 0 Å². The van der Waals surface area contributed by atoms with Crippen LogP contribution in [0.3, 0.4) is 0 Å². The first-order valence-corrected chi connectivity index (χ1v) is 6.79. The Morgan fingerprint density at radius 3 is 2.00 bits per heavy atom. The van der Waals surface area contributed by atoms with Crippen molar-refractivity contribution >= 4 is 0 Å². The molecule has 0 N–H and O–H groups in total. The fourth-order valence-corrected chi connectivity index (χ4v) is 2.04. The Morgan fingerprint density at radius 2 is 1.50 bits per heavy atom. The van der Waals surface area contributed by atoms with E-state index in [2.05, 4.69) is 34.6 Å². The lowest BCUT2D eigenvalue weighted by molar-refractivity contribution is -0.286. The van der Waals surface area contributed by atoms with Gasteiger partial charge in [-0.25, -0.2) is 0 Å². The van der Waals surface area contributed by atoms with Gasteiger partial charge in [-0.3, -0.25) is 0 Å². The zero-order valence-corrected chi connectivity index (χ0v) is 11.6. The quantitative estimate of drug-likeness (QED) is 0.659. The van der Waals surface area contributed by atoms with Crippen LogP contribution in [0.1, 0.15) is 66.7 Å². The molecule has 0 amide bonds. The zero-order chi connectivity index (χ0) is 12.2. The number of ether oxygens (including phenoxy) is 2. The van der Waals surface area contributed by atoms with Crippen LogP contribution in [-0.2, 0) is 9.47 Å². The summed E-state index contributed by atoms with van der Waals surface area (Å²) in [4.78, 5) is 0. The Bertz CT molecular complexity index is 187. The lowest BCUT2D eigenvalue weighted by atomic mass is 9.81. The van der Waals surface area contributed by atoms with Crippen LogP contribution in [0.5, 0.6) is 0 Å². The van der Waals surface area contributed by atoms with Gasteiger partial charge in [0.1, 0.15) is 0 Å². The van der Waals surface area contributed by atoms with E-state index >= 15 is 0 Å². The van der Waals surface area contributed by atoms with Crippen LogP contribution in [0, 0.1) is 5.41 Å². The minimum atomic E-state index is 0.0230. The second kappa shape index (κ2) is 6.02. The van der Waals surface area contributed by atoms with Crippen molar-refractivity contribution in [2.45, 2.75) is 85.2 Å². The molecule has 1 aliphatic rings. The normalized spacial score (nSPS) is 33.9. The van der Waals surface area contributed by atoms with Gasteiger partial charge in [-0.15, -0.1) is 0 Å². The van der Waals surface area contributed by atoms with Gasteiger partial charge in [-0.1, -0.05) is 40.0 Å². The molecule has 2 nitrogen and oxygen atoms in total. The lowest BCUT2D eigenvalue weighted by Crippen LogP contribution is -2.49. The third-order valence-corrected chi connectivity index (χ3v) is 4.10. The molecule has 0 aromatic rings. The first-order chi connectivity index (χ1) is 7.48. The van der Waals surface area contributed by atoms with Crippen molar-refractivity contribution in [1.82, 2.24) is 0 Å². The molecule has 0 radical (unpaired) electrons. The molecule has 1 saturated heterocycles. The summed E-state index contributed by atoms with van der Waals surface area (Å²) in [5.74, 6) is 0. The molecule has 0 aromatic carbocycles. The third-order valence-electron chi connectivity index (χ3n) is 4.10. The average molecular weight is 228 g/mol. The highest BCUT2D eigenvalue weighted by atomic mass is 16.7. The van der Waals surface area contributed by atoms with E-state index in [0.29, 0.717) is 0 Å². The molecule has 0 unspecified atom stereocenters. The predicted molar refractivity (Wildman–Crippen MR) is 67.4 cm³/mol. The van der Waals surface area contributed by atoms with Crippen molar-refractivity contribution < 1.29 is 9.47 Å². The summed E-state index contributed by atoms with van der Waals surface area (Å²) < 4.78 is 11.9. The van der Waals surface area contributed by atoms with E-state index in [-0.39, 0.29) is 23.9 Å². The molecule has 1 heterocycles. The van der Waals surface area contributed by atoms with Crippen LogP contribution in [0.4, 0.5) is 0 Å². The third kappa shape index (κ3) is 3.46. The summed E-state index contributed by atoms with van der Waals surface area (Å²) in [5, 5.41) is 0. The molecule has 2 atom stereocenters. The molecule has 0 bridgehead atoms. The Kier molecular flexibility index (Phi) is 5.26. The van der Waals surface area contributed by atoms with Crippen molar-refractivity contribution in [3.63, 3.8) is 0 Å². The molecule has 1 aliphatic heterocycles. The molecule has 0 aliphatic carbocycles. The van der Waals surface area contributed by atoms with Crippen LogP contribution in [0.25, 0.3) is 0 Å². The molecular weight excluding hydrogens is 200 g/mol. The minimum absolute atomic E-state index is 0.0230. The van der Waals surface area contributed by atoms with E-state index in [0.717, 1.165) is 6.42 Å². The summed E-state index contributed by atoms with van der Waals surface area (Å²) >= 11 is 0. The van der Waals surface area contributed by atoms with Gasteiger partial charge in [0.25, 0.3) is 0 Å². The first kappa shape index (κ1) is 14.0. The van der Waals surface area contributed by atoms with Gasteiger partial charge in [0, 0.05) is 5.41 Å². The van der Waals surface area contributed by atoms with Crippen molar-refractivity contribution in [2.75, 3.05) is 0 Å². The van der Waals surface area contributed by atoms with Gasteiger partial charge in [0.2, 0.25) is 0 Å². The summed E-state index contributed by atoms with van der Waals surface area (Å²) in [7, 11) is 0. The molecule has 0 aromatic heterocycles. The highest BCUT2D eigenvalue weighted by Crippen LogP contribution is 2.36. The number of hydrogen-bond donors (Lipinski definition) is 0. The fraction of sp³-hybridized carbons (Fsp3) is 1.00. The van der Waals surface area contributed by atoms with Crippen LogP contribution in [0.15, 0.2) is 0 Å². The van der Waals surface area contributed by atoms with Gasteiger partial charge in [0.05, 0.1) is 12.2 Å². The van der Waals surface area contributed by atoms with E-state index in [4.69, 9.17) is 9.47 Å². The highest BCUT2D eigenvalue weighted by molar-refractivity contribution is 4.85. The van der Waals surface area contributed by atoms with Crippen LogP contribution in [-0.4, -0.2) is 18.5 Å². The van der Waals surface area contributed by atoms with Gasteiger partial charge >= 0.3 is 0 Å². The second-order valence-electron chi connectivity index (χ2n) is 5.66. The van der Waals surface area contributed by atoms with E-state index in [1.165, 1.54) is 25.7 Å². The molecule has 16 heavy (non-hydrogen) atoms. The summed E-state index contributed by atoms with van der Waals surface area (Å²) in [5.41, 5.74) is 0.125. The molecule has 96 valence electrons. The summed E-state index contributed by atoms with van der Waals surface area (Å²) in [6.45, 7) is 11.0. The summed E-state index contributed by atoms with van der Waals surface area (Å²) in [6, 6.07) is 0. The minimum Gasteiger partial charge on any atom is -0.349 e. The molecule has 0 spiro atoms. The first-order valence-electron chi connectivity index (χ1n) is 6.79. The number of unbranched alkanes of at least 4 members (excludes halogenated alkanes) is 3. The Balaban J connectivity index is 2.31. The molecule has 1 rings (SSSR count). The van der Waals surface area contributed by atoms with E-state index < -0.39 is 0 Å². The smallest absolute Gasteiger partial charge is 0.158 e. The Morgan fingerprint density at radius 1 is 0.938 bits per heavy atom. The maximum absolute atomic E-state index is 5.93. The van der Waals surface area contributed by atoms with Crippen molar-refractivity contribution in [2.24, 2.45) is 5.41 Å². The van der Waals surface area contributed by atoms with E-state index in [1.54, 1.807) is 0 Å². The van der Waals surface area contributed by atoms with Gasteiger partial charge < -0.3 is 9.47 Å². The van der Waals surface area contributed by atoms with E-state index in [1.807, 2.05) is 0 Å². The van der Waals surface area contributed by atoms with Crippen LogP contribution < -0.4 is 0 Å². The topological polar surface area (TPSA) is 18.5 Å². The number of hydrogen-bond acceptors (Lipinski definition) is 2. The fourth-order valence-electron chi connectivity index (χ4n) is 2.04. The monoisotopic (exact) mass is 228 g/mol. The standard InChI is InChI=1S/C14H28O2/c1-6-7-8-9-10-13-15-11(2)14(4,5)12(3)16-13/h11-13H,6-10H2,1-5H3/t11-,12-/m1/s1. The predicted octanol–water partition coefficient (Wildman–Crippen LogP) is 4.13. The lowest BCUT2D eigenvalue weighted by Gasteiger charge is -2.45.